The zero-order valence-corrected chi connectivity index (χ0v) is 19.7. The Morgan fingerprint density at radius 2 is 1.75 bits per heavy atom. The number of nitrogens with one attached hydrogen (secondary N) is 1. The number of carbonyl (C=O) groups is 2. The molecule has 4 rings (SSSR count). The molecule has 2 amide bonds. The molecule has 9 heteroatoms. The Kier molecular flexibility index (Phi) is 6.88. The number of sulfonamides is 1. The summed E-state index contributed by atoms with van der Waals surface area (Å²) in [5.74, 6) is -0.440. The third-order valence-electron chi connectivity index (χ3n) is 7.20. The van der Waals surface area contributed by atoms with Crippen molar-refractivity contribution in [3.05, 3.63) is 23.8 Å². The molecular weight excluding hydrogens is 430 g/mol. The number of likely N-dealkylation sites (tertiary alicyclic amines) is 2. The van der Waals surface area contributed by atoms with Crippen molar-refractivity contribution in [1.29, 1.82) is 0 Å². The highest BCUT2D eigenvalue weighted by atomic mass is 32.2. The molecule has 3 aliphatic rings. The minimum absolute atomic E-state index is 0.0371. The summed E-state index contributed by atoms with van der Waals surface area (Å²) in [4.78, 5) is 29.3. The van der Waals surface area contributed by atoms with Gasteiger partial charge in [-0.3, -0.25) is 19.4 Å². The fourth-order valence-corrected chi connectivity index (χ4v) is 6.72. The van der Waals surface area contributed by atoms with Crippen LogP contribution in [0.25, 0.3) is 0 Å². The number of carbonyl (C=O) groups excluding carboxylic acids is 2. The van der Waals surface area contributed by atoms with Gasteiger partial charge in [0, 0.05) is 12.6 Å². The van der Waals surface area contributed by atoms with E-state index in [1.165, 1.54) is 18.1 Å². The predicted octanol–water partition coefficient (Wildman–Crippen LogP) is 2.13. The van der Waals surface area contributed by atoms with Crippen LogP contribution in [-0.4, -0.2) is 62.8 Å². The van der Waals surface area contributed by atoms with Crippen molar-refractivity contribution in [3.8, 4) is 5.75 Å². The molecule has 1 N–H and O–H groups in total. The minimum Gasteiger partial charge on any atom is -0.495 e. The van der Waals surface area contributed by atoms with Crippen molar-refractivity contribution in [2.45, 2.75) is 62.9 Å². The molecule has 2 aliphatic heterocycles. The van der Waals surface area contributed by atoms with Crippen LogP contribution < -0.4 is 9.46 Å². The second-order valence-electron chi connectivity index (χ2n) is 9.02. The number of benzene rings is 1. The number of hydrogen-bond donors (Lipinski definition) is 1. The number of hydrogen-bond acceptors (Lipinski definition) is 6. The van der Waals surface area contributed by atoms with Crippen molar-refractivity contribution < 1.29 is 22.7 Å². The van der Waals surface area contributed by atoms with Crippen LogP contribution in [-0.2, 0) is 26.2 Å². The number of methoxy groups -OCH3 is 1. The molecule has 32 heavy (non-hydrogen) atoms. The first kappa shape index (κ1) is 23.2. The van der Waals surface area contributed by atoms with Gasteiger partial charge in [0.1, 0.15) is 10.6 Å². The summed E-state index contributed by atoms with van der Waals surface area (Å²) in [6, 6.07) is 5.02. The van der Waals surface area contributed by atoms with Gasteiger partial charge in [0.25, 0.3) is 0 Å². The largest absolute Gasteiger partial charge is 0.495 e. The molecule has 176 valence electrons. The maximum atomic E-state index is 13.1. The number of fused-ring (bicyclic) bond motifs is 1. The summed E-state index contributed by atoms with van der Waals surface area (Å²) >= 11 is 0. The van der Waals surface area contributed by atoms with Crippen molar-refractivity contribution in [1.82, 2.24) is 14.5 Å². The second-order valence-corrected chi connectivity index (χ2v) is 10.8. The van der Waals surface area contributed by atoms with E-state index >= 15 is 0 Å². The third kappa shape index (κ3) is 4.43. The van der Waals surface area contributed by atoms with Crippen LogP contribution in [0.1, 0.15) is 51.0 Å². The Labute approximate surface area is 190 Å². The van der Waals surface area contributed by atoms with E-state index in [0.717, 1.165) is 51.6 Å². The molecular formula is C23H33N3O5S. The van der Waals surface area contributed by atoms with E-state index in [-0.39, 0.29) is 46.9 Å². The van der Waals surface area contributed by atoms with Gasteiger partial charge in [0.15, 0.2) is 0 Å². The number of imide groups is 1. The highest BCUT2D eigenvalue weighted by Crippen LogP contribution is 2.39. The smallest absolute Gasteiger partial charge is 0.244 e. The molecule has 2 heterocycles. The van der Waals surface area contributed by atoms with Crippen molar-refractivity contribution in [2.75, 3.05) is 26.7 Å². The molecule has 3 atom stereocenters. The van der Waals surface area contributed by atoms with E-state index in [1.54, 1.807) is 12.1 Å². The van der Waals surface area contributed by atoms with E-state index < -0.39 is 10.0 Å². The van der Waals surface area contributed by atoms with Crippen LogP contribution in [0.5, 0.6) is 5.75 Å². The fraction of sp³-hybridized carbons (Fsp3) is 0.652. The zero-order valence-electron chi connectivity index (χ0n) is 18.9. The lowest BCUT2D eigenvalue weighted by Crippen LogP contribution is -2.40. The van der Waals surface area contributed by atoms with Gasteiger partial charge in [-0.1, -0.05) is 25.8 Å². The van der Waals surface area contributed by atoms with Gasteiger partial charge in [-0.25, -0.2) is 13.1 Å². The number of nitrogens with zero attached hydrogens (tertiary/aromatic N) is 2. The average molecular weight is 464 g/mol. The van der Waals surface area contributed by atoms with Crippen molar-refractivity contribution in [2.24, 2.45) is 11.8 Å². The van der Waals surface area contributed by atoms with Crippen molar-refractivity contribution >= 4 is 21.8 Å². The highest BCUT2D eigenvalue weighted by molar-refractivity contribution is 7.89. The standard InChI is InChI=1S/C23H33N3O5S/c1-3-25-12-6-7-17(25)14-24-32(29,30)21-13-16(10-11-20(21)31-2)15-26-22(27)18-8-4-5-9-19(18)23(26)28/h10-11,13,17-19,24H,3-9,12,14-15H2,1-2H3/t17-,18+,19+/m1/s1. The van der Waals surface area contributed by atoms with Gasteiger partial charge in [0.05, 0.1) is 25.5 Å². The molecule has 0 unspecified atom stereocenters. The van der Waals surface area contributed by atoms with Gasteiger partial charge < -0.3 is 4.74 Å². The first-order valence-corrected chi connectivity index (χ1v) is 13.1. The number of rotatable bonds is 8. The number of likely N-dealkylation sites (N-methyl/N-ethyl adjacent to an activating group) is 1. The maximum absolute atomic E-state index is 13.1. The van der Waals surface area contributed by atoms with Gasteiger partial charge in [-0.2, -0.15) is 0 Å². The Hall–Kier alpha value is -1.97. The summed E-state index contributed by atoms with van der Waals surface area (Å²) in [6.07, 6.45) is 5.50. The van der Waals surface area contributed by atoms with Crippen LogP contribution in [0.3, 0.4) is 0 Å². The minimum atomic E-state index is -3.82. The van der Waals surface area contributed by atoms with E-state index in [1.807, 2.05) is 0 Å². The molecule has 0 bridgehead atoms. The molecule has 0 aromatic heterocycles. The van der Waals surface area contributed by atoms with E-state index in [0.29, 0.717) is 12.1 Å². The van der Waals surface area contributed by atoms with Crippen LogP contribution >= 0.6 is 0 Å². The lowest BCUT2D eigenvalue weighted by Gasteiger charge is -2.23. The van der Waals surface area contributed by atoms with Gasteiger partial charge in [-0.05, 0) is 56.5 Å². The third-order valence-corrected chi connectivity index (χ3v) is 8.65. The fourth-order valence-electron chi connectivity index (χ4n) is 5.43. The Bertz CT molecular complexity index is 956. The van der Waals surface area contributed by atoms with Crippen LogP contribution in [0, 0.1) is 11.8 Å². The van der Waals surface area contributed by atoms with E-state index in [2.05, 4.69) is 16.5 Å². The monoisotopic (exact) mass is 463 g/mol. The molecule has 0 spiro atoms. The van der Waals surface area contributed by atoms with Gasteiger partial charge in [-0.15, -0.1) is 0 Å². The normalized spacial score (nSPS) is 26.6. The topological polar surface area (TPSA) is 96.0 Å². The molecule has 3 fully saturated rings. The predicted molar refractivity (Wildman–Crippen MR) is 119 cm³/mol. The van der Waals surface area contributed by atoms with Crippen LogP contribution in [0.4, 0.5) is 0 Å². The summed E-state index contributed by atoms with van der Waals surface area (Å²) in [5, 5.41) is 0. The molecule has 2 saturated heterocycles. The summed E-state index contributed by atoms with van der Waals surface area (Å²) in [7, 11) is -2.38. The lowest BCUT2D eigenvalue weighted by molar-refractivity contribution is -0.140. The van der Waals surface area contributed by atoms with E-state index in [9.17, 15) is 18.0 Å². The summed E-state index contributed by atoms with van der Waals surface area (Å²) in [6.45, 7) is 4.39. The summed E-state index contributed by atoms with van der Waals surface area (Å²) in [5.41, 5.74) is 0.600. The first-order valence-electron chi connectivity index (χ1n) is 11.6. The van der Waals surface area contributed by atoms with Crippen LogP contribution in [0.2, 0.25) is 0 Å². The Balaban J connectivity index is 1.52. The quantitative estimate of drug-likeness (QED) is 0.594. The Morgan fingerprint density at radius 1 is 1.06 bits per heavy atom. The second kappa shape index (κ2) is 9.49. The SMILES string of the molecule is CCN1CCC[C@@H]1CNS(=O)(=O)c1cc(CN2C(=O)[C@H]3CCCC[C@@H]3C2=O)ccc1OC. The number of amides is 2. The molecule has 1 aromatic rings. The average Bonchev–Trinajstić information content (AvgIpc) is 3.36. The molecule has 1 aromatic carbocycles. The van der Waals surface area contributed by atoms with Gasteiger partial charge in [0.2, 0.25) is 21.8 Å². The maximum Gasteiger partial charge on any atom is 0.244 e. The zero-order chi connectivity index (χ0) is 22.9. The molecule has 8 nitrogen and oxygen atoms in total. The van der Waals surface area contributed by atoms with Crippen LogP contribution in [0.15, 0.2) is 23.1 Å². The highest BCUT2D eigenvalue weighted by Gasteiger charge is 2.48. The molecule has 1 aliphatic carbocycles. The molecule has 1 saturated carbocycles. The number of ether oxygens (including phenoxy) is 1. The van der Waals surface area contributed by atoms with E-state index in [4.69, 9.17) is 4.74 Å². The first-order chi connectivity index (χ1) is 15.4. The Morgan fingerprint density at radius 3 is 2.38 bits per heavy atom. The molecule has 0 radical (unpaired) electrons. The van der Waals surface area contributed by atoms with Gasteiger partial charge >= 0.3 is 0 Å². The lowest BCUT2D eigenvalue weighted by atomic mass is 9.81. The summed E-state index contributed by atoms with van der Waals surface area (Å²) < 4.78 is 34.3. The van der Waals surface area contributed by atoms with Crippen molar-refractivity contribution in [3.63, 3.8) is 0 Å².